The van der Waals surface area contributed by atoms with Gasteiger partial charge in [0.2, 0.25) is 5.72 Å². The van der Waals surface area contributed by atoms with Crippen molar-refractivity contribution >= 4 is 34.4 Å². The number of amidine groups is 1. The van der Waals surface area contributed by atoms with E-state index in [0.717, 1.165) is 18.3 Å². The van der Waals surface area contributed by atoms with Crippen molar-refractivity contribution in [1.82, 2.24) is 10.6 Å². The summed E-state index contributed by atoms with van der Waals surface area (Å²) in [6.45, 7) is 4.34. The molecule has 0 spiro atoms. The third-order valence-corrected chi connectivity index (χ3v) is 9.38. The average molecular weight is 527 g/mol. The Morgan fingerprint density at radius 3 is 2.65 bits per heavy atom. The van der Waals surface area contributed by atoms with E-state index in [-0.39, 0.29) is 0 Å². The van der Waals surface area contributed by atoms with Gasteiger partial charge in [-0.1, -0.05) is 55.5 Å². The molecule has 3 heterocycles. The molecule has 3 unspecified atom stereocenters. The van der Waals surface area contributed by atoms with E-state index in [9.17, 15) is 5.26 Å². The zero-order valence-corrected chi connectivity index (χ0v) is 22.4. The van der Waals surface area contributed by atoms with E-state index in [1.807, 2.05) is 19.1 Å². The van der Waals surface area contributed by atoms with Crippen molar-refractivity contribution in [1.29, 1.82) is 5.26 Å². The number of benzene rings is 2. The van der Waals surface area contributed by atoms with Crippen molar-refractivity contribution < 1.29 is 9.22 Å². The van der Waals surface area contributed by atoms with Crippen LogP contribution in [0, 0.1) is 11.3 Å². The van der Waals surface area contributed by atoms with Gasteiger partial charge in [-0.25, -0.2) is 9.48 Å². The molecule has 2 saturated heterocycles. The molecule has 0 radical (unpaired) electrons. The summed E-state index contributed by atoms with van der Waals surface area (Å²) in [4.78, 5) is 6.25. The molecule has 37 heavy (non-hydrogen) atoms. The molecule has 3 aliphatic heterocycles. The Morgan fingerprint density at radius 1 is 1.16 bits per heavy atom. The highest BCUT2D eigenvalue weighted by atomic mass is 32.2. The summed E-state index contributed by atoms with van der Waals surface area (Å²) in [7, 11) is 2.30. The number of nitrogens with zero attached hydrogens (tertiary/aromatic N) is 3. The Balaban J connectivity index is 1.34. The summed E-state index contributed by atoms with van der Waals surface area (Å²) in [5.74, 6) is 0. The number of nitriles is 1. The van der Waals surface area contributed by atoms with E-state index in [0.29, 0.717) is 16.6 Å². The highest BCUT2D eigenvalue weighted by molar-refractivity contribution is 8.18. The van der Waals surface area contributed by atoms with Gasteiger partial charge in [-0.2, -0.15) is 5.26 Å². The second kappa shape index (κ2) is 9.35. The molecule has 8 heteroatoms. The molecule has 0 amide bonds. The molecule has 0 bridgehead atoms. The zero-order valence-electron chi connectivity index (χ0n) is 20.8. The molecule has 6 rings (SSSR count). The normalized spacial score (nSPS) is 32.9. The molecule has 2 aromatic carbocycles. The van der Waals surface area contributed by atoms with Crippen molar-refractivity contribution in [2.75, 3.05) is 20.1 Å². The third-order valence-electron chi connectivity index (χ3n) is 7.02. The van der Waals surface area contributed by atoms with Gasteiger partial charge in [0.15, 0.2) is 21.6 Å². The van der Waals surface area contributed by atoms with Gasteiger partial charge in [0.25, 0.3) is 0 Å². The fourth-order valence-electron chi connectivity index (χ4n) is 5.21. The van der Waals surface area contributed by atoms with Crippen LogP contribution in [0.1, 0.15) is 18.1 Å². The molecule has 186 valence electrons. The summed E-state index contributed by atoms with van der Waals surface area (Å²) >= 11 is 3.47. The van der Waals surface area contributed by atoms with Crippen molar-refractivity contribution in [2.24, 2.45) is 4.99 Å². The molecule has 3 atom stereocenters. The van der Waals surface area contributed by atoms with Crippen LogP contribution in [0.3, 0.4) is 0 Å². The van der Waals surface area contributed by atoms with E-state index in [1.165, 1.54) is 26.8 Å². The summed E-state index contributed by atoms with van der Waals surface area (Å²) in [6.07, 6.45) is 5.54. The van der Waals surface area contributed by atoms with Gasteiger partial charge in [0.05, 0.1) is 30.1 Å². The first-order valence-electron chi connectivity index (χ1n) is 12.4. The first-order valence-corrected chi connectivity index (χ1v) is 14.1. The van der Waals surface area contributed by atoms with Crippen LogP contribution in [0.25, 0.3) is 5.70 Å². The van der Waals surface area contributed by atoms with Crippen molar-refractivity contribution in [3.8, 4) is 6.07 Å². The first kappa shape index (κ1) is 24.3. The van der Waals surface area contributed by atoms with Crippen molar-refractivity contribution in [3.05, 3.63) is 111 Å². The van der Waals surface area contributed by atoms with E-state index >= 15 is 0 Å². The topological polar surface area (TPSA) is 72.7 Å². The lowest BCUT2D eigenvalue weighted by Gasteiger charge is -2.33. The lowest BCUT2D eigenvalue weighted by atomic mass is 9.99. The number of nitrogens with one attached hydrogen (secondary N) is 2. The molecule has 0 saturated carbocycles. The number of hydrogen-bond donors (Lipinski definition) is 2. The highest BCUT2D eigenvalue weighted by Crippen LogP contribution is 2.54. The summed E-state index contributed by atoms with van der Waals surface area (Å²) in [5.41, 5.74) is 2.80. The van der Waals surface area contributed by atoms with Crippen LogP contribution < -0.4 is 10.6 Å². The van der Waals surface area contributed by atoms with Gasteiger partial charge in [0, 0.05) is 16.5 Å². The second-order valence-electron chi connectivity index (χ2n) is 9.53. The number of aliphatic imine (C=N–C) groups is 1. The molecule has 2 fully saturated rings. The maximum absolute atomic E-state index is 9.47. The summed E-state index contributed by atoms with van der Waals surface area (Å²) < 4.78 is 6.84. The Kier molecular flexibility index (Phi) is 6.14. The molecule has 1 aliphatic carbocycles. The van der Waals surface area contributed by atoms with Gasteiger partial charge >= 0.3 is 0 Å². The number of ether oxygens (including phenoxy) is 1. The first-order chi connectivity index (χ1) is 18.0. The standard InChI is InChI=1S/C29H28N5OS2/c1-3-32-28-15-14-22(17-30)16-29(28,35-28)33-27-31-18-25(37-27)26-34(2,19-21-10-6-4-7-11-21)24(20-36-26)23-12-8-5-9-13-23/h4-16,20,32H,3,18-19H2,1-2H3,(H,31,33)/q+1. The highest BCUT2D eigenvalue weighted by Gasteiger charge is 2.70. The Morgan fingerprint density at radius 2 is 1.92 bits per heavy atom. The van der Waals surface area contributed by atoms with E-state index in [1.54, 1.807) is 29.6 Å². The zero-order chi connectivity index (χ0) is 25.5. The molecular weight excluding hydrogens is 498 g/mol. The molecule has 2 N–H and O–H groups in total. The summed E-state index contributed by atoms with van der Waals surface area (Å²) in [6, 6.07) is 23.5. The smallest absolute Gasteiger partial charge is 0.231 e. The minimum atomic E-state index is -0.892. The maximum Gasteiger partial charge on any atom is 0.231 e. The number of epoxide rings is 1. The predicted molar refractivity (Wildman–Crippen MR) is 151 cm³/mol. The second-order valence-corrected chi connectivity index (χ2v) is 11.5. The maximum atomic E-state index is 9.47. The van der Waals surface area contributed by atoms with Crippen LogP contribution in [-0.2, 0) is 11.3 Å². The minimum absolute atomic E-state index is 0.562. The Hall–Kier alpha value is -3.06. The molecule has 0 aromatic heterocycles. The van der Waals surface area contributed by atoms with Crippen LogP contribution in [0.5, 0.6) is 0 Å². The molecule has 2 aromatic rings. The van der Waals surface area contributed by atoms with E-state index in [2.05, 4.69) is 89.8 Å². The van der Waals surface area contributed by atoms with Crippen LogP contribution in [0.4, 0.5) is 0 Å². The molecule has 6 nitrogen and oxygen atoms in total. The number of fused-ring (bicyclic) bond motifs is 1. The Bertz CT molecular complexity index is 1430. The number of allylic oxidation sites excluding steroid dienone is 2. The largest absolute Gasteiger partial charge is 0.360 e. The van der Waals surface area contributed by atoms with Crippen molar-refractivity contribution in [2.45, 2.75) is 24.9 Å². The summed E-state index contributed by atoms with van der Waals surface area (Å²) in [5, 5.41) is 20.8. The fourth-order valence-corrected chi connectivity index (χ4v) is 7.66. The van der Waals surface area contributed by atoms with Gasteiger partial charge in [-0.05, 0) is 60.4 Å². The van der Waals surface area contributed by atoms with Crippen molar-refractivity contribution in [3.63, 3.8) is 0 Å². The van der Waals surface area contributed by atoms with Gasteiger partial charge in [-0.15, -0.1) is 0 Å². The van der Waals surface area contributed by atoms with Gasteiger partial charge < -0.3 is 10.1 Å². The van der Waals surface area contributed by atoms with Crippen LogP contribution in [0.15, 0.2) is 105 Å². The SMILES string of the molecule is CCNC12C=CC(C#N)=CC1(N=C1NCC(=C3SC=C(c4ccccc4)[N+]3(C)Cc3ccccc3)S1)O2. The van der Waals surface area contributed by atoms with E-state index < -0.39 is 11.4 Å². The number of likely N-dealkylation sites (N-methyl/N-ethyl adjacent to an activating group) is 1. The van der Waals surface area contributed by atoms with Gasteiger partial charge in [-0.3, -0.25) is 5.32 Å². The monoisotopic (exact) mass is 526 g/mol. The number of rotatable bonds is 6. The lowest BCUT2D eigenvalue weighted by molar-refractivity contribution is -0.804. The Labute approximate surface area is 226 Å². The quantitative estimate of drug-likeness (QED) is 0.394. The third kappa shape index (κ3) is 4.17. The van der Waals surface area contributed by atoms with Gasteiger partial charge in [0.1, 0.15) is 6.54 Å². The molecular formula is C29H28N5OS2+. The average Bonchev–Trinajstić information content (AvgIpc) is 3.13. The van der Waals surface area contributed by atoms with Crippen LogP contribution >= 0.6 is 23.5 Å². The lowest BCUT2D eigenvalue weighted by Crippen LogP contribution is -2.39. The predicted octanol–water partition coefficient (Wildman–Crippen LogP) is 5.29. The van der Waals surface area contributed by atoms with E-state index in [4.69, 9.17) is 9.73 Å². The molecule has 4 aliphatic rings. The fraction of sp³-hybridized carbons (Fsp3) is 0.241. The number of hydrogen-bond acceptors (Lipinski definition) is 6. The van der Waals surface area contributed by atoms with Crippen LogP contribution in [-0.4, -0.2) is 41.2 Å². The number of thioether (sulfide) groups is 2. The number of quaternary nitrogens is 1. The van der Waals surface area contributed by atoms with Crippen LogP contribution in [0.2, 0.25) is 0 Å². The minimum Gasteiger partial charge on any atom is -0.360 e.